The number of methoxy groups -OCH3 is 1. The summed E-state index contributed by atoms with van der Waals surface area (Å²) in [6.45, 7) is 3.27. The minimum absolute atomic E-state index is 0.222. The summed E-state index contributed by atoms with van der Waals surface area (Å²) in [5.74, 6) is 1.10. The number of sulfonamides is 1. The highest BCUT2D eigenvalue weighted by Crippen LogP contribution is 2.31. The Morgan fingerprint density at radius 2 is 2.19 bits per heavy atom. The third kappa shape index (κ3) is 3.52. The monoisotopic (exact) mass is 331 g/mol. The van der Waals surface area contributed by atoms with Gasteiger partial charge in [0.2, 0.25) is 10.0 Å². The van der Waals surface area contributed by atoms with Crippen LogP contribution in [0.25, 0.3) is 0 Å². The number of benzene rings is 1. The molecule has 1 heterocycles. The first kappa shape index (κ1) is 16.6. The first-order valence-electron chi connectivity index (χ1n) is 7.26. The van der Waals surface area contributed by atoms with E-state index >= 15 is 0 Å². The van der Waals surface area contributed by atoms with Gasteiger partial charge < -0.3 is 4.74 Å². The van der Waals surface area contributed by atoms with Crippen molar-refractivity contribution in [2.75, 3.05) is 20.2 Å². The van der Waals surface area contributed by atoms with E-state index in [9.17, 15) is 8.42 Å². The molecule has 1 unspecified atom stereocenters. The molecule has 1 fully saturated rings. The normalized spacial score (nSPS) is 20.4. The molecule has 0 saturated carbocycles. The molecular formula is C15H22ClNO3S. The number of ether oxygens (including phenoxy) is 1. The fourth-order valence-electron chi connectivity index (χ4n) is 2.72. The van der Waals surface area contributed by atoms with Gasteiger partial charge in [-0.15, -0.1) is 11.6 Å². The first-order chi connectivity index (χ1) is 10.0. The molecule has 0 amide bonds. The van der Waals surface area contributed by atoms with Gasteiger partial charge in [-0.2, -0.15) is 4.31 Å². The van der Waals surface area contributed by atoms with Crippen molar-refractivity contribution in [1.29, 1.82) is 0 Å². The summed E-state index contributed by atoms with van der Waals surface area (Å²) < 4.78 is 32.6. The Hall–Kier alpha value is -0.780. The van der Waals surface area contributed by atoms with E-state index < -0.39 is 10.0 Å². The van der Waals surface area contributed by atoms with E-state index in [0.717, 1.165) is 24.8 Å². The molecule has 0 aromatic heterocycles. The summed E-state index contributed by atoms with van der Waals surface area (Å²) in [4.78, 5) is 0.222. The van der Waals surface area contributed by atoms with Crippen molar-refractivity contribution in [3.8, 4) is 5.75 Å². The molecule has 6 heteroatoms. The number of halogens is 1. The topological polar surface area (TPSA) is 46.6 Å². The molecule has 118 valence electrons. The van der Waals surface area contributed by atoms with Crippen molar-refractivity contribution >= 4 is 21.6 Å². The van der Waals surface area contributed by atoms with Crippen LogP contribution in [-0.2, 0) is 15.9 Å². The van der Waals surface area contributed by atoms with Crippen LogP contribution in [0.5, 0.6) is 5.75 Å². The lowest BCUT2D eigenvalue weighted by Crippen LogP contribution is -2.39. The van der Waals surface area contributed by atoms with E-state index in [0.29, 0.717) is 24.8 Å². The lowest BCUT2D eigenvalue weighted by Gasteiger charge is -2.31. The fourth-order valence-corrected chi connectivity index (χ4v) is 4.65. The molecule has 1 atom stereocenters. The van der Waals surface area contributed by atoms with Gasteiger partial charge >= 0.3 is 0 Å². The molecule has 0 N–H and O–H groups in total. The summed E-state index contributed by atoms with van der Waals surface area (Å²) >= 11 is 5.83. The molecule has 0 spiro atoms. The second-order valence-electron chi connectivity index (χ2n) is 5.40. The van der Waals surface area contributed by atoms with Crippen LogP contribution < -0.4 is 4.74 Å². The van der Waals surface area contributed by atoms with E-state index in [2.05, 4.69) is 6.92 Å². The van der Waals surface area contributed by atoms with Crippen LogP contribution in [0.4, 0.5) is 0 Å². The summed E-state index contributed by atoms with van der Waals surface area (Å²) in [6, 6.07) is 5.08. The Morgan fingerprint density at radius 3 is 2.81 bits per heavy atom. The van der Waals surface area contributed by atoms with Crippen molar-refractivity contribution in [3.63, 3.8) is 0 Å². The van der Waals surface area contributed by atoms with Crippen LogP contribution in [-0.4, -0.2) is 32.9 Å². The number of hydrogen-bond donors (Lipinski definition) is 0. The molecule has 1 aliphatic rings. The van der Waals surface area contributed by atoms with Gasteiger partial charge in [-0.05, 0) is 36.5 Å². The van der Waals surface area contributed by atoms with Gasteiger partial charge in [0, 0.05) is 19.0 Å². The molecule has 0 bridgehead atoms. The molecule has 1 aromatic rings. The second kappa shape index (κ2) is 6.99. The van der Waals surface area contributed by atoms with Gasteiger partial charge in [0.05, 0.1) is 7.11 Å². The Balaban J connectivity index is 2.38. The highest BCUT2D eigenvalue weighted by Gasteiger charge is 2.31. The average molecular weight is 332 g/mol. The maximum Gasteiger partial charge on any atom is 0.246 e. The van der Waals surface area contributed by atoms with Crippen LogP contribution >= 0.6 is 11.6 Å². The van der Waals surface area contributed by atoms with E-state index in [4.69, 9.17) is 16.3 Å². The molecular weight excluding hydrogens is 310 g/mol. The Labute approximate surface area is 132 Å². The standard InChI is InChI=1S/C15H22ClNO3S/c1-3-12-5-4-8-17(11-12)21(18,19)15-9-13(10-16)6-7-14(15)20-2/h6-7,9,12H,3-5,8,10-11H2,1-2H3. The highest BCUT2D eigenvalue weighted by atomic mass is 35.5. The molecule has 21 heavy (non-hydrogen) atoms. The van der Waals surface area contributed by atoms with Crippen LogP contribution in [0.1, 0.15) is 31.7 Å². The van der Waals surface area contributed by atoms with E-state index in [1.807, 2.05) is 0 Å². The molecule has 1 saturated heterocycles. The van der Waals surface area contributed by atoms with Crippen LogP contribution in [0.2, 0.25) is 0 Å². The molecule has 0 aliphatic carbocycles. The molecule has 0 radical (unpaired) electrons. The predicted octanol–water partition coefficient (Wildman–Crippen LogP) is 3.24. The molecule has 2 rings (SSSR count). The zero-order valence-electron chi connectivity index (χ0n) is 12.5. The third-order valence-corrected chi connectivity index (χ3v) is 6.25. The van der Waals surface area contributed by atoms with Gasteiger partial charge in [0.1, 0.15) is 10.6 Å². The molecule has 1 aromatic carbocycles. The SMILES string of the molecule is CCC1CCCN(S(=O)(=O)c2cc(CCl)ccc2OC)C1. The lowest BCUT2D eigenvalue weighted by atomic mass is 9.97. The van der Waals surface area contributed by atoms with Crippen molar-refractivity contribution in [2.24, 2.45) is 5.92 Å². The number of piperidine rings is 1. The van der Waals surface area contributed by atoms with Crippen LogP contribution in [0.3, 0.4) is 0 Å². The lowest BCUT2D eigenvalue weighted by molar-refractivity contribution is 0.260. The summed E-state index contributed by atoms with van der Waals surface area (Å²) in [5, 5.41) is 0. The van der Waals surface area contributed by atoms with Crippen molar-refractivity contribution in [2.45, 2.75) is 37.0 Å². The van der Waals surface area contributed by atoms with E-state index in [1.165, 1.54) is 7.11 Å². The largest absolute Gasteiger partial charge is 0.495 e. The quantitative estimate of drug-likeness (QED) is 0.778. The minimum Gasteiger partial charge on any atom is -0.495 e. The maximum atomic E-state index is 12.9. The van der Waals surface area contributed by atoms with Crippen molar-refractivity contribution in [3.05, 3.63) is 23.8 Å². The van der Waals surface area contributed by atoms with Crippen LogP contribution in [0.15, 0.2) is 23.1 Å². The summed E-state index contributed by atoms with van der Waals surface area (Å²) in [5.41, 5.74) is 0.778. The smallest absolute Gasteiger partial charge is 0.246 e. The number of alkyl halides is 1. The zero-order chi connectivity index (χ0) is 15.5. The van der Waals surface area contributed by atoms with Gasteiger partial charge in [-0.1, -0.05) is 19.4 Å². The Bertz CT molecular complexity index is 589. The van der Waals surface area contributed by atoms with Crippen LogP contribution in [0, 0.1) is 5.92 Å². The summed E-state index contributed by atoms with van der Waals surface area (Å²) in [7, 11) is -2.04. The molecule has 4 nitrogen and oxygen atoms in total. The van der Waals surface area contributed by atoms with Gasteiger partial charge in [0.25, 0.3) is 0 Å². The fraction of sp³-hybridized carbons (Fsp3) is 0.600. The van der Waals surface area contributed by atoms with Crippen molar-refractivity contribution < 1.29 is 13.2 Å². The highest BCUT2D eigenvalue weighted by molar-refractivity contribution is 7.89. The number of rotatable bonds is 5. The van der Waals surface area contributed by atoms with E-state index in [1.54, 1.807) is 22.5 Å². The predicted molar refractivity (Wildman–Crippen MR) is 84.3 cm³/mol. The summed E-state index contributed by atoms with van der Waals surface area (Å²) in [6.07, 6.45) is 3.02. The molecule has 1 aliphatic heterocycles. The Kier molecular flexibility index (Phi) is 5.52. The zero-order valence-corrected chi connectivity index (χ0v) is 14.1. The van der Waals surface area contributed by atoms with E-state index in [-0.39, 0.29) is 10.8 Å². The number of hydrogen-bond acceptors (Lipinski definition) is 3. The second-order valence-corrected chi connectivity index (χ2v) is 7.57. The minimum atomic E-state index is -3.53. The maximum absolute atomic E-state index is 12.9. The third-order valence-electron chi connectivity index (χ3n) is 4.06. The van der Waals surface area contributed by atoms with Gasteiger partial charge in [0.15, 0.2) is 0 Å². The van der Waals surface area contributed by atoms with Gasteiger partial charge in [-0.3, -0.25) is 0 Å². The first-order valence-corrected chi connectivity index (χ1v) is 9.23. The Morgan fingerprint density at radius 1 is 1.43 bits per heavy atom. The average Bonchev–Trinajstić information content (AvgIpc) is 2.54. The number of nitrogens with zero attached hydrogens (tertiary/aromatic N) is 1. The van der Waals surface area contributed by atoms with Gasteiger partial charge in [-0.25, -0.2) is 8.42 Å². The van der Waals surface area contributed by atoms with Crippen molar-refractivity contribution in [1.82, 2.24) is 4.31 Å².